The van der Waals surface area contributed by atoms with Crippen LogP contribution in [0.25, 0.3) is 0 Å². The van der Waals surface area contributed by atoms with Crippen LogP contribution in [-0.4, -0.2) is 49.9 Å². The van der Waals surface area contributed by atoms with E-state index < -0.39 is 5.91 Å². The fourth-order valence-corrected chi connectivity index (χ4v) is 3.46. The summed E-state index contributed by atoms with van der Waals surface area (Å²) < 4.78 is 10.5. The number of nitrogens with two attached hydrogens (primary N) is 1. The molecule has 1 heterocycles. The van der Waals surface area contributed by atoms with Gasteiger partial charge in [0.05, 0.1) is 14.2 Å². The van der Waals surface area contributed by atoms with E-state index in [2.05, 4.69) is 5.32 Å². The molecule has 1 aliphatic rings. The molecule has 3 N–H and O–H groups in total. The van der Waals surface area contributed by atoms with Crippen LogP contribution >= 0.6 is 0 Å². The molecule has 0 radical (unpaired) electrons. The van der Waals surface area contributed by atoms with E-state index in [-0.39, 0.29) is 17.7 Å². The predicted molar refractivity (Wildman–Crippen MR) is 112 cm³/mol. The van der Waals surface area contributed by atoms with Crippen molar-refractivity contribution in [2.24, 2.45) is 11.7 Å². The number of benzene rings is 2. The Morgan fingerprint density at radius 3 is 2.10 bits per heavy atom. The van der Waals surface area contributed by atoms with Gasteiger partial charge >= 0.3 is 0 Å². The maximum atomic E-state index is 12.8. The molecule has 1 saturated heterocycles. The topological polar surface area (TPSA) is 111 Å². The molecular weight excluding hydrogens is 386 g/mol. The fourth-order valence-electron chi connectivity index (χ4n) is 3.46. The zero-order valence-electron chi connectivity index (χ0n) is 17.0. The third-order valence-corrected chi connectivity index (χ3v) is 5.22. The number of likely N-dealkylation sites (tertiary alicyclic amines) is 1. The lowest BCUT2D eigenvalue weighted by Gasteiger charge is -2.31. The van der Waals surface area contributed by atoms with Gasteiger partial charge in [0.25, 0.3) is 5.91 Å². The van der Waals surface area contributed by atoms with Gasteiger partial charge in [0.1, 0.15) is 0 Å². The number of rotatable bonds is 6. The van der Waals surface area contributed by atoms with Gasteiger partial charge in [-0.25, -0.2) is 0 Å². The van der Waals surface area contributed by atoms with Gasteiger partial charge in [-0.3, -0.25) is 14.4 Å². The molecule has 8 heteroatoms. The summed E-state index contributed by atoms with van der Waals surface area (Å²) in [6, 6.07) is 11.5. The van der Waals surface area contributed by atoms with Gasteiger partial charge in [-0.2, -0.15) is 0 Å². The number of piperidine rings is 1. The van der Waals surface area contributed by atoms with Crippen molar-refractivity contribution < 1.29 is 23.9 Å². The Labute approximate surface area is 174 Å². The van der Waals surface area contributed by atoms with Crippen molar-refractivity contribution >= 4 is 23.4 Å². The molecule has 8 nitrogen and oxygen atoms in total. The van der Waals surface area contributed by atoms with E-state index in [0.717, 1.165) is 0 Å². The largest absolute Gasteiger partial charge is 0.493 e. The number of nitrogens with zero attached hydrogens (tertiary/aromatic N) is 1. The van der Waals surface area contributed by atoms with Gasteiger partial charge in [-0.1, -0.05) is 0 Å². The van der Waals surface area contributed by atoms with E-state index in [0.29, 0.717) is 54.2 Å². The van der Waals surface area contributed by atoms with Crippen LogP contribution in [0.2, 0.25) is 0 Å². The molecule has 3 amide bonds. The number of methoxy groups -OCH3 is 2. The summed E-state index contributed by atoms with van der Waals surface area (Å²) in [4.78, 5) is 38.2. The van der Waals surface area contributed by atoms with Crippen molar-refractivity contribution in [1.82, 2.24) is 4.90 Å². The zero-order chi connectivity index (χ0) is 21.7. The Bertz CT molecular complexity index is 934. The first-order valence-electron chi connectivity index (χ1n) is 9.65. The van der Waals surface area contributed by atoms with Crippen molar-refractivity contribution in [3.8, 4) is 11.5 Å². The highest BCUT2D eigenvalue weighted by atomic mass is 16.5. The highest BCUT2D eigenvalue weighted by Gasteiger charge is 2.28. The second-order valence-corrected chi connectivity index (χ2v) is 7.07. The number of ether oxygens (including phenoxy) is 2. The quantitative estimate of drug-likeness (QED) is 0.758. The average Bonchev–Trinajstić information content (AvgIpc) is 2.78. The number of carbonyl (C=O) groups excluding carboxylic acids is 3. The summed E-state index contributed by atoms with van der Waals surface area (Å²) in [6.07, 6.45) is 1.15. The van der Waals surface area contributed by atoms with Crippen LogP contribution in [-0.2, 0) is 4.79 Å². The fraction of sp³-hybridized carbons (Fsp3) is 0.318. The van der Waals surface area contributed by atoms with E-state index in [4.69, 9.17) is 15.2 Å². The number of nitrogens with one attached hydrogen (secondary N) is 1. The molecule has 0 aromatic heterocycles. The van der Waals surface area contributed by atoms with Crippen LogP contribution in [0.4, 0.5) is 5.69 Å². The minimum atomic E-state index is -0.514. The molecule has 1 aliphatic heterocycles. The SMILES string of the molecule is COc1ccc(C(=O)N2CCC(C(=O)Nc3ccc(C(N)=O)cc3)CC2)cc1OC. The first-order valence-corrected chi connectivity index (χ1v) is 9.65. The van der Waals surface area contributed by atoms with Crippen molar-refractivity contribution in [3.63, 3.8) is 0 Å². The number of primary amides is 1. The molecule has 2 aromatic carbocycles. The van der Waals surface area contributed by atoms with E-state index >= 15 is 0 Å². The Kier molecular flexibility index (Phi) is 6.56. The maximum absolute atomic E-state index is 12.8. The van der Waals surface area contributed by atoms with Crippen LogP contribution in [0.1, 0.15) is 33.6 Å². The Morgan fingerprint density at radius 2 is 1.53 bits per heavy atom. The molecule has 0 atom stereocenters. The van der Waals surface area contributed by atoms with Gasteiger partial charge < -0.3 is 25.4 Å². The lowest BCUT2D eigenvalue weighted by molar-refractivity contribution is -0.121. The van der Waals surface area contributed by atoms with Crippen LogP contribution < -0.4 is 20.5 Å². The highest BCUT2D eigenvalue weighted by molar-refractivity contribution is 5.96. The molecule has 3 rings (SSSR count). The molecule has 2 aromatic rings. The molecule has 0 bridgehead atoms. The highest BCUT2D eigenvalue weighted by Crippen LogP contribution is 2.29. The summed E-state index contributed by atoms with van der Waals surface area (Å²) in [5.41, 5.74) is 6.73. The number of carbonyl (C=O) groups is 3. The molecule has 0 saturated carbocycles. The van der Waals surface area contributed by atoms with Gasteiger partial charge in [0.2, 0.25) is 11.8 Å². The molecule has 30 heavy (non-hydrogen) atoms. The summed E-state index contributed by atoms with van der Waals surface area (Å²) >= 11 is 0. The standard InChI is InChI=1S/C22H25N3O5/c1-29-18-8-5-16(13-19(18)30-2)22(28)25-11-9-15(10-12-25)21(27)24-17-6-3-14(4-7-17)20(23)26/h3-8,13,15H,9-12H2,1-2H3,(H2,23,26)(H,24,27). The van der Waals surface area contributed by atoms with Gasteiger partial charge in [-0.05, 0) is 55.3 Å². The van der Waals surface area contributed by atoms with Crippen molar-refractivity contribution in [2.75, 3.05) is 32.6 Å². The van der Waals surface area contributed by atoms with Crippen LogP contribution in [0.15, 0.2) is 42.5 Å². The average molecular weight is 411 g/mol. The van der Waals surface area contributed by atoms with Crippen LogP contribution in [0, 0.1) is 5.92 Å². The number of anilines is 1. The second kappa shape index (κ2) is 9.30. The Morgan fingerprint density at radius 1 is 0.933 bits per heavy atom. The lowest BCUT2D eigenvalue weighted by Crippen LogP contribution is -2.41. The minimum absolute atomic E-state index is 0.0972. The first kappa shape index (κ1) is 21.2. The van der Waals surface area contributed by atoms with E-state index in [1.807, 2.05) is 0 Å². The third kappa shape index (κ3) is 4.71. The van der Waals surface area contributed by atoms with Crippen molar-refractivity contribution in [3.05, 3.63) is 53.6 Å². The minimum Gasteiger partial charge on any atom is -0.493 e. The number of hydrogen-bond acceptors (Lipinski definition) is 5. The Balaban J connectivity index is 1.56. The van der Waals surface area contributed by atoms with E-state index in [1.165, 1.54) is 7.11 Å². The van der Waals surface area contributed by atoms with Gasteiger partial charge in [0.15, 0.2) is 11.5 Å². The molecule has 1 fully saturated rings. The van der Waals surface area contributed by atoms with Gasteiger partial charge in [0, 0.05) is 35.8 Å². The van der Waals surface area contributed by atoms with E-state index in [9.17, 15) is 14.4 Å². The summed E-state index contributed by atoms with van der Waals surface area (Å²) in [5.74, 6) is 0.166. The predicted octanol–water partition coefficient (Wildman–Crippen LogP) is 2.29. The number of amides is 3. The lowest BCUT2D eigenvalue weighted by atomic mass is 9.95. The Hall–Kier alpha value is -3.55. The third-order valence-electron chi connectivity index (χ3n) is 5.22. The molecule has 0 spiro atoms. The molecule has 158 valence electrons. The summed E-state index contributed by atoms with van der Waals surface area (Å²) in [7, 11) is 3.07. The van der Waals surface area contributed by atoms with Crippen molar-refractivity contribution in [2.45, 2.75) is 12.8 Å². The number of hydrogen-bond donors (Lipinski definition) is 2. The molecular formula is C22H25N3O5. The monoisotopic (exact) mass is 411 g/mol. The van der Waals surface area contributed by atoms with Gasteiger partial charge in [-0.15, -0.1) is 0 Å². The maximum Gasteiger partial charge on any atom is 0.253 e. The summed E-state index contributed by atoms with van der Waals surface area (Å²) in [6.45, 7) is 0.984. The van der Waals surface area contributed by atoms with Crippen molar-refractivity contribution in [1.29, 1.82) is 0 Å². The first-order chi connectivity index (χ1) is 14.4. The van der Waals surface area contributed by atoms with Crippen LogP contribution in [0.3, 0.4) is 0 Å². The molecule has 0 unspecified atom stereocenters. The van der Waals surface area contributed by atoms with E-state index in [1.54, 1.807) is 54.5 Å². The zero-order valence-corrected chi connectivity index (χ0v) is 17.0. The normalized spacial score (nSPS) is 14.1. The molecule has 0 aliphatic carbocycles. The second-order valence-electron chi connectivity index (χ2n) is 7.07. The smallest absolute Gasteiger partial charge is 0.253 e. The summed E-state index contributed by atoms with van der Waals surface area (Å²) in [5, 5.41) is 2.86. The van der Waals surface area contributed by atoms with Crippen LogP contribution in [0.5, 0.6) is 11.5 Å².